The Balaban J connectivity index is 0.000000190. The molecular weight excluding hydrogens is 492 g/mol. The van der Waals surface area contributed by atoms with Gasteiger partial charge in [-0.3, -0.25) is 19.6 Å². The maximum atomic E-state index is 12.2. The number of fused-ring (bicyclic) bond motifs is 1. The van der Waals surface area contributed by atoms with Crippen LogP contribution in [0.3, 0.4) is 0 Å². The van der Waals surface area contributed by atoms with Crippen LogP contribution in [0.1, 0.15) is 67.1 Å². The van der Waals surface area contributed by atoms with Gasteiger partial charge in [0.2, 0.25) is 5.82 Å². The largest absolute Gasteiger partial charge is 0.333 e. The van der Waals surface area contributed by atoms with E-state index in [-0.39, 0.29) is 17.3 Å². The van der Waals surface area contributed by atoms with E-state index in [0.717, 1.165) is 36.6 Å². The van der Waals surface area contributed by atoms with Crippen LogP contribution in [0.2, 0.25) is 0 Å². The first-order valence-electron chi connectivity index (χ1n) is 13.2. The molecule has 1 amide bonds. The highest BCUT2D eigenvalue weighted by Gasteiger charge is 2.34. The summed E-state index contributed by atoms with van der Waals surface area (Å²) in [5, 5.41) is 11.1. The number of aromatic nitrogens is 6. The molecule has 0 aliphatic carbocycles. The molecule has 1 fully saturated rings. The van der Waals surface area contributed by atoms with Crippen molar-refractivity contribution in [2.75, 3.05) is 26.7 Å². The molecule has 1 N–H and O–H groups in total. The van der Waals surface area contributed by atoms with Crippen molar-refractivity contribution < 1.29 is 9.59 Å². The average Bonchev–Trinajstić information content (AvgIpc) is 3.51. The molecular formula is C29H40N8O2. The zero-order chi connectivity index (χ0) is 28.7. The number of H-pyrrole nitrogens is 1. The van der Waals surface area contributed by atoms with Gasteiger partial charge in [0, 0.05) is 30.7 Å². The highest BCUT2D eigenvalue weighted by Crippen LogP contribution is 2.20. The van der Waals surface area contributed by atoms with Gasteiger partial charge in [0.15, 0.2) is 11.9 Å². The van der Waals surface area contributed by atoms with Crippen LogP contribution in [0.4, 0.5) is 0 Å². The Kier molecular flexibility index (Phi) is 9.69. The van der Waals surface area contributed by atoms with Gasteiger partial charge < -0.3 is 4.90 Å². The lowest BCUT2D eigenvalue weighted by atomic mass is 10.00. The van der Waals surface area contributed by atoms with Crippen molar-refractivity contribution in [2.24, 2.45) is 5.92 Å². The number of amides is 1. The van der Waals surface area contributed by atoms with Gasteiger partial charge in [0.25, 0.3) is 5.91 Å². The third-order valence-electron chi connectivity index (χ3n) is 6.20. The molecule has 0 unspecified atom stereocenters. The third kappa shape index (κ3) is 8.03. The summed E-state index contributed by atoms with van der Waals surface area (Å²) in [7, 11) is 2.08. The van der Waals surface area contributed by atoms with Crippen molar-refractivity contribution >= 4 is 17.8 Å². The zero-order valence-electron chi connectivity index (χ0n) is 24.3. The number of hydrogen-bond donors (Lipinski definition) is 1. The highest BCUT2D eigenvalue weighted by atomic mass is 16.2. The minimum absolute atomic E-state index is 0.000732. The third-order valence-corrected chi connectivity index (χ3v) is 6.20. The standard InChI is InChI=1S/C14H11N3O.C11H19N5O.C4H10/c1-10-2-4-11(5-3-10)13-6-7-14-15-12(9-18)8-17(14)16-13;1-8-12-9(14-13-8)10(17)16-6-5-15(4)11(2,3)7-16;1-4(2)3/h2-9H,1H3;5-7H2,1-4H3,(H,12,13,14);4H,1-3H3. The molecule has 0 spiro atoms. The molecule has 0 radical (unpaired) electrons. The van der Waals surface area contributed by atoms with Gasteiger partial charge in [-0.05, 0) is 52.8 Å². The van der Waals surface area contributed by atoms with Crippen LogP contribution >= 0.6 is 0 Å². The van der Waals surface area contributed by atoms with E-state index in [9.17, 15) is 9.59 Å². The Morgan fingerprint density at radius 2 is 1.69 bits per heavy atom. The number of aldehydes is 1. The van der Waals surface area contributed by atoms with Crippen molar-refractivity contribution in [1.29, 1.82) is 0 Å². The number of carbonyl (C=O) groups excluding carboxylic acids is 2. The Morgan fingerprint density at radius 1 is 1.03 bits per heavy atom. The highest BCUT2D eigenvalue weighted by molar-refractivity contribution is 5.90. The SMILES string of the molecule is CC(C)C.Cc1ccc(-c2ccc3nc(C=O)cn3n2)cc1.Cc1nc(C(=O)N2CCN(C)C(C)(C)C2)n[nH]1. The summed E-state index contributed by atoms with van der Waals surface area (Å²) in [5.41, 5.74) is 4.18. The van der Waals surface area contributed by atoms with Gasteiger partial charge in [-0.25, -0.2) is 14.5 Å². The lowest BCUT2D eigenvalue weighted by molar-refractivity contribution is 0.0303. The molecule has 0 atom stereocenters. The zero-order valence-corrected chi connectivity index (χ0v) is 24.3. The molecule has 4 heterocycles. The van der Waals surface area contributed by atoms with Gasteiger partial charge in [0.1, 0.15) is 11.5 Å². The number of imidazole rings is 1. The second-order valence-electron chi connectivity index (χ2n) is 11.1. The molecule has 0 saturated carbocycles. The maximum Gasteiger partial charge on any atom is 0.293 e. The molecule has 1 saturated heterocycles. The van der Waals surface area contributed by atoms with E-state index >= 15 is 0 Å². The molecule has 39 heavy (non-hydrogen) atoms. The normalized spacial score (nSPS) is 14.8. The van der Waals surface area contributed by atoms with Crippen LogP contribution in [0, 0.1) is 19.8 Å². The first kappa shape index (κ1) is 29.6. The maximum absolute atomic E-state index is 12.2. The fraction of sp³-hybridized carbons (Fsp3) is 0.448. The van der Waals surface area contributed by atoms with Crippen LogP contribution in [-0.4, -0.2) is 84.0 Å². The first-order chi connectivity index (χ1) is 18.4. The number of piperazine rings is 1. The molecule has 208 valence electrons. The van der Waals surface area contributed by atoms with Gasteiger partial charge in [-0.15, -0.1) is 5.10 Å². The lowest BCUT2D eigenvalue weighted by Crippen LogP contribution is -2.59. The van der Waals surface area contributed by atoms with E-state index in [1.54, 1.807) is 17.6 Å². The molecule has 10 heteroatoms. The number of nitrogens with zero attached hydrogens (tertiary/aromatic N) is 7. The van der Waals surface area contributed by atoms with Crippen LogP contribution in [0.5, 0.6) is 0 Å². The number of carbonyl (C=O) groups is 2. The summed E-state index contributed by atoms with van der Waals surface area (Å²) in [4.78, 5) is 35.1. The van der Waals surface area contributed by atoms with E-state index in [2.05, 4.69) is 71.8 Å². The van der Waals surface area contributed by atoms with Crippen molar-refractivity contribution in [3.05, 3.63) is 65.5 Å². The summed E-state index contributed by atoms with van der Waals surface area (Å²) in [6.45, 7) is 16.9. The average molecular weight is 533 g/mol. The molecule has 1 aliphatic rings. The fourth-order valence-electron chi connectivity index (χ4n) is 3.83. The molecule has 10 nitrogen and oxygen atoms in total. The second kappa shape index (κ2) is 12.8. The summed E-state index contributed by atoms with van der Waals surface area (Å²) < 4.78 is 1.62. The number of nitrogens with one attached hydrogen (secondary N) is 1. The van der Waals surface area contributed by atoms with Crippen molar-refractivity contribution in [2.45, 2.75) is 54.0 Å². The summed E-state index contributed by atoms with van der Waals surface area (Å²) >= 11 is 0. The Labute approximate surface area is 230 Å². The molecule has 5 rings (SSSR count). The Bertz CT molecular complexity index is 1390. The number of aromatic amines is 1. The minimum Gasteiger partial charge on any atom is -0.333 e. The van der Waals surface area contributed by atoms with E-state index in [1.807, 2.05) is 48.2 Å². The van der Waals surface area contributed by atoms with E-state index in [0.29, 0.717) is 23.7 Å². The number of hydrogen-bond acceptors (Lipinski definition) is 7. The van der Waals surface area contributed by atoms with E-state index < -0.39 is 0 Å². The van der Waals surface area contributed by atoms with Gasteiger partial charge >= 0.3 is 0 Å². The van der Waals surface area contributed by atoms with E-state index in [4.69, 9.17) is 0 Å². The predicted octanol–water partition coefficient (Wildman–Crippen LogP) is 4.46. The van der Waals surface area contributed by atoms with Gasteiger partial charge in [-0.2, -0.15) is 5.10 Å². The fourth-order valence-corrected chi connectivity index (χ4v) is 3.83. The summed E-state index contributed by atoms with van der Waals surface area (Å²) in [6.07, 6.45) is 2.35. The van der Waals surface area contributed by atoms with Gasteiger partial charge in [0.05, 0.1) is 11.9 Å². The number of rotatable bonds is 3. The second-order valence-corrected chi connectivity index (χ2v) is 11.1. The molecule has 1 aromatic carbocycles. The number of benzene rings is 1. The Morgan fingerprint density at radius 3 is 2.26 bits per heavy atom. The van der Waals surface area contributed by atoms with Crippen LogP contribution in [0.25, 0.3) is 16.9 Å². The predicted molar refractivity (Wildman–Crippen MR) is 153 cm³/mol. The molecule has 4 aromatic rings. The van der Waals surface area contributed by atoms with Crippen LogP contribution in [0.15, 0.2) is 42.6 Å². The van der Waals surface area contributed by atoms with Crippen molar-refractivity contribution in [3.8, 4) is 11.3 Å². The van der Waals surface area contributed by atoms with Crippen LogP contribution in [-0.2, 0) is 0 Å². The van der Waals surface area contributed by atoms with Crippen LogP contribution < -0.4 is 0 Å². The topological polar surface area (TPSA) is 112 Å². The Hall–Kier alpha value is -3.92. The molecule has 1 aliphatic heterocycles. The summed E-state index contributed by atoms with van der Waals surface area (Å²) in [6, 6.07) is 11.9. The van der Waals surface area contributed by atoms with Crippen molar-refractivity contribution in [1.82, 2.24) is 39.6 Å². The molecule has 3 aromatic heterocycles. The van der Waals surface area contributed by atoms with Crippen molar-refractivity contribution in [3.63, 3.8) is 0 Å². The monoisotopic (exact) mass is 532 g/mol. The smallest absolute Gasteiger partial charge is 0.293 e. The minimum atomic E-state index is -0.0875. The number of likely N-dealkylation sites (N-methyl/N-ethyl adjacent to an activating group) is 1. The van der Waals surface area contributed by atoms with Gasteiger partial charge in [-0.1, -0.05) is 50.6 Å². The quantitative estimate of drug-likeness (QED) is 0.388. The summed E-state index contributed by atoms with van der Waals surface area (Å²) in [5.74, 6) is 1.68. The number of aryl methyl sites for hydroxylation is 2. The molecule has 0 bridgehead atoms. The lowest BCUT2D eigenvalue weighted by Gasteiger charge is -2.44. The van der Waals surface area contributed by atoms with E-state index in [1.165, 1.54) is 5.56 Å². The first-order valence-corrected chi connectivity index (χ1v) is 13.2.